The standard InChI is InChI=1S/C18H27N3O2S/c1-2-21-12-15(10-17(21)22)18(23)19-11-14-5-7-20(8-6-14)13-16-4-3-9-24-16/h3-4,9,14-15H,2,5-8,10-13H2,1H3,(H,19,23)/t15-/m1/s1. The molecule has 0 bridgehead atoms. The lowest BCUT2D eigenvalue weighted by Gasteiger charge is -2.31. The number of rotatable bonds is 6. The molecule has 1 atom stereocenters. The van der Waals surface area contributed by atoms with Crippen molar-refractivity contribution < 1.29 is 9.59 Å². The molecule has 1 aromatic heterocycles. The fraction of sp³-hybridized carbons (Fsp3) is 0.667. The average molecular weight is 350 g/mol. The Kier molecular flexibility index (Phi) is 5.89. The third-order valence-electron chi connectivity index (χ3n) is 5.20. The number of likely N-dealkylation sites (tertiary alicyclic amines) is 2. The van der Waals surface area contributed by atoms with Gasteiger partial charge in [0.05, 0.1) is 5.92 Å². The van der Waals surface area contributed by atoms with Gasteiger partial charge in [0.15, 0.2) is 0 Å². The summed E-state index contributed by atoms with van der Waals surface area (Å²) in [6, 6.07) is 4.30. The Labute approximate surface area is 148 Å². The van der Waals surface area contributed by atoms with Crippen LogP contribution in [-0.2, 0) is 16.1 Å². The Hall–Kier alpha value is -1.40. The molecule has 2 amide bonds. The Bertz CT molecular complexity index is 553. The van der Waals surface area contributed by atoms with Crippen LogP contribution < -0.4 is 5.32 Å². The van der Waals surface area contributed by atoms with Crippen LogP contribution in [0.3, 0.4) is 0 Å². The third-order valence-corrected chi connectivity index (χ3v) is 6.06. The molecule has 24 heavy (non-hydrogen) atoms. The van der Waals surface area contributed by atoms with Gasteiger partial charge in [-0.05, 0) is 50.2 Å². The van der Waals surface area contributed by atoms with E-state index in [9.17, 15) is 9.59 Å². The largest absolute Gasteiger partial charge is 0.356 e. The lowest BCUT2D eigenvalue weighted by Crippen LogP contribution is -2.40. The van der Waals surface area contributed by atoms with E-state index in [0.29, 0.717) is 25.4 Å². The van der Waals surface area contributed by atoms with Crippen molar-refractivity contribution in [1.29, 1.82) is 0 Å². The molecule has 3 rings (SSSR count). The first-order valence-corrected chi connectivity index (χ1v) is 9.84. The van der Waals surface area contributed by atoms with Crippen molar-refractivity contribution in [2.24, 2.45) is 11.8 Å². The molecule has 2 fully saturated rings. The number of thiophene rings is 1. The van der Waals surface area contributed by atoms with Crippen LogP contribution in [0.5, 0.6) is 0 Å². The summed E-state index contributed by atoms with van der Waals surface area (Å²) in [5.41, 5.74) is 0. The molecule has 6 heteroatoms. The number of nitrogens with zero attached hydrogens (tertiary/aromatic N) is 2. The van der Waals surface area contributed by atoms with Gasteiger partial charge in [-0.3, -0.25) is 14.5 Å². The molecule has 0 saturated carbocycles. The second-order valence-corrected chi connectivity index (χ2v) is 7.91. The van der Waals surface area contributed by atoms with Gasteiger partial charge in [-0.15, -0.1) is 11.3 Å². The van der Waals surface area contributed by atoms with E-state index in [1.165, 1.54) is 4.88 Å². The summed E-state index contributed by atoms with van der Waals surface area (Å²) in [5.74, 6) is 0.573. The Morgan fingerprint density at radius 1 is 1.38 bits per heavy atom. The minimum absolute atomic E-state index is 0.0558. The van der Waals surface area contributed by atoms with E-state index in [1.54, 1.807) is 4.90 Å². The van der Waals surface area contributed by atoms with Crippen molar-refractivity contribution in [3.05, 3.63) is 22.4 Å². The van der Waals surface area contributed by atoms with Crippen molar-refractivity contribution in [3.63, 3.8) is 0 Å². The van der Waals surface area contributed by atoms with Crippen LogP contribution in [0.15, 0.2) is 17.5 Å². The first-order valence-electron chi connectivity index (χ1n) is 8.96. The number of amides is 2. The highest BCUT2D eigenvalue weighted by Crippen LogP contribution is 2.21. The monoisotopic (exact) mass is 349 g/mol. The van der Waals surface area contributed by atoms with E-state index in [2.05, 4.69) is 27.7 Å². The van der Waals surface area contributed by atoms with Gasteiger partial charge >= 0.3 is 0 Å². The number of nitrogens with one attached hydrogen (secondary N) is 1. The molecule has 1 aromatic rings. The Balaban J connectivity index is 1.36. The SMILES string of the molecule is CCN1C[C@H](C(=O)NCC2CCN(Cc3cccs3)CC2)CC1=O. The van der Waals surface area contributed by atoms with Crippen LogP contribution in [0.4, 0.5) is 0 Å². The van der Waals surface area contributed by atoms with Crippen molar-refractivity contribution in [1.82, 2.24) is 15.1 Å². The Morgan fingerprint density at radius 3 is 2.79 bits per heavy atom. The predicted molar refractivity (Wildman–Crippen MR) is 95.7 cm³/mol. The van der Waals surface area contributed by atoms with Crippen LogP contribution >= 0.6 is 11.3 Å². The Morgan fingerprint density at radius 2 is 2.17 bits per heavy atom. The van der Waals surface area contributed by atoms with Crippen molar-refractivity contribution in [2.75, 3.05) is 32.7 Å². The number of carbonyl (C=O) groups excluding carboxylic acids is 2. The number of carbonyl (C=O) groups is 2. The summed E-state index contributed by atoms with van der Waals surface area (Å²) < 4.78 is 0. The lowest BCUT2D eigenvalue weighted by atomic mass is 9.96. The second kappa shape index (κ2) is 8.12. The van der Waals surface area contributed by atoms with E-state index in [-0.39, 0.29) is 17.7 Å². The third kappa shape index (κ3) is 4.36. The lowest BCUT2D eigenvalue weighted by molar-refractivity contribution is -0.128. The van der Waals surface area contributed by atoms with Gasteiger partial charge in [0, 0.05) is 37.5 Å². The quantitative estimate of drug-likeness (QED) is 0.854. The summed E-state index contributed by atoms with van der Waals surface area (Å²) in [6.45, 7) is 7.25. The number of hydrogen-bond acceptors (Lipinski definition) is 4. The van der Waals surface area contributed by atoms with Gasteiger partial charge in [0.25, 0.3) is 0 Å². The van der Waals surface area contributed by atoms with Gasteiger partial charge in [-0.25, -0.2) is 0 Å². The smallest absolute Gasteiger partial charge is 0.225 e. The van der Waals surface area contributed by atoms with Gasteiger partial charge in [0.2, 0.25) is 11.8 Å². The molecule has 0 spiro atoms. The average Bonchev–Trinajstić information content (AvgIpc) is 3.23. The fourth-order valence-corrected chi connectivity index (χ4v) is 4.36. The van der Waals surface area contributed by atoms with E-state index < -0.39 is 0 Å². The molecule has 0 radical (unpaired) electrons. The second-order valence-electron chi connectivity index (χ2n) is 6.88. The zero-order valence-electron chi connectivity index (χ0n) is 14.4. The highest BCUT2D eigenvalue weighted by molar-refractivity contribution is 7.09. The van der Waals surface area contributed by atoms with Gasteiger partial charge in [0.1, 0.15) is 0 Å². The predicted octanol–water partition coefficient (Wildman–Crippen LogP) is 1.94. The van der Waals surface area contributed by atoms with Crippen LogP contribution in [0, 0.1) is 11.8 Å². The molecule has 1 N–H and O–H groups in total. The first-order chi connectivity index (χ1) is 11.7. The maximum absolute atomic E-state index is 12.3. The minimum atomic E-state index is -0.156. The van der Waals surface area contributed by atoms with Crippen LogP contribution in [0.1, 0.15) is 31.1 Å². The maximum Gasteiger partial charge on any atom is 0.225 e. The van der Waals surface area contributed by atoms with Crippen LogP contribution in [-0.4, -0.2) is 54.3 Å². The molecule has 0 unspecified atom stereocenters. The molecule has 2 aliphatic heterocycles. The summed E-state index contributed by atoms with van der Waals surface area (Å²) in [4.78, 5) is 29.7. The zero-order chi connectivity index (χ0) is 16.9. The first kappa shape index (κ1) is 17.4. The summed E-state index contributed by atoms with van der Waals surface area (Å²) >= 11 is 1.82. The highest BCUT2D eigenvalue weighted by atomic mass is 32.1. The molecule has 132 valence electrons. The fourth-order valence-electron chi connectivity index (χ4n) is 3.61. The van der Waals surface area contributed by atoms with Crippen molar-refractivity contribution >= 4 is 23.2 Å². The molecule has 5 nitrogen and oxygen atoms in total. The molecule has 2 aliphatic rings. The zero-order valence-corrected chi connectivity index (χ0v) is 15.2. The van der Waals surface area contributed by atoms with E-state index in [4.69, 9.17) is 0 Å². The van der Waals surface area contributed by atoms with E-state index >= 15 is 0 Å². The maximum atomic E-state index is 12.3. The molecular formula is C18H27N3O2S. The van der Waals surface area contributed by atoms with Gasteiger partial charge < -0.3 is 10.2 Å². The number of hydrogen-bond donors (Lipinski definition) is 1. The van der Waals surface area contributed by atoms with Crippen LogP contribution in [0.25, 0.3) is 0 Å². The van der Waals surface area contributed by atoms with Crippen molar-refractivity contribution in [3.8, 4) is 0 Å². The van der Waals surface area contributed by atoms with Gasteiger partial charge in [-0.1, -0.05) is 6.07 Å². The van der Waals surface area contributed by atoms with Crippen molar-refractivity contribution in [2.45, 2.75) is 32.7 Å². The summed E-state index contributed by atoms with van der Waals surface area (Å²) in [7, 11) is 0. The molecule has 3 heterocycles. The normalized spacial score (nSPS) is 23.0. The molecule has 0 aliphatic carbocycles. The van der Waals surface area contributed by atoms with Gasteiger partial charge in [-0.2, -0.15) is 0 Å². The topological polar surface area (TPSA) is 52.7 Å². The highest BCUT2D eigenvalue weighted by Gasteiger charge is 2.33. The molecule has 2 saturated heterocycles. The van der Waals surface area contributed by atoms with E-state index in [0.717, 1.165) is 39.0 Å². The number of piperidine rings is 1. The molecular weight excluding hydrogens is 322 g/mol. The summed E-state index contributed by atoms with van der Waals surface area (Å²) in [5, 5.41) is 5.22. The van der Waals surface area contributed by atoms with Crippen LogP contribution in [0.2, 0.25) is 0 Å². The molecule has 0 aromatic carbocycles. The minimum Gasteiger partial charge on any atom is -0.356 e. The van der Waals surface area contributed by atoms with E-state index in [1.807, 2.05) is 18.3 Å². The summed E-state index contributed by atoms with van der Waals surface area (Å²) in [6.07, 6.45) is 2.64.